The number of hydrogen-bond donors (Lipinski definition) is 2. The Hall–Kier alpha value is -0.870. The molecule has 0 aliphatic heterocycles. The summed E-state index contributed by atoms with van der Waals surface area (Å²) < 4.78 is 12.4. The second-order valence-corrected chi connectivity index (χ2v) is 5.27. The normalized spacial score (nSPS) is 11.3. The van der Waals surface area contributed by atoms with E-state index in [0.29, 0.717) is 13.2 Å². The third-order valence-corrected chi connectivity index (χ3v) is 3.66. The largest absolute Gasteiger partial charge is 0.383 e. The zero-order valence-corrected chi connectivity index (χ0v) is 17.8. The van der Waals surface area contributed by atoms with Crippen molar-refractivity contribution >= 4 is 29.9 Å². The average Bonchev–Trinajstić information content (AvgIpc) is 2.82. The highest BCUT2D eigenvalue weighted by Gasteiger charge is 2.11. The van der Waals surface area contributed by atoms with Gasteiger partial charge in [-0.3, -0.25) is 9.67 Å². The number of aryl methyl sites for hydroxylation is 1. The van der Waals surface area contributed by atoms with Gasteiger partial charge in [-0.1, -0.05) is 0 Å². The first kappa shape index (κ1) is 23.1. The smallest absolute Gasteiger partial charge is 0.191 e. The molecule has 0 amide bonds. The van der Waals surface area contributed by atoms with Crippen LogP contribution in [0, 0.1) is 13.8 Å². The van der Waals surface area contributed by atoms with Gasteiger partial charge in [0.05, 0.1) is 18.8 Å². The molecule has 7 nitrogen and oxygen atoms in total. The van der Waals surface area contributed by atoms with Crippen LogP contribution in [0.4, 0.5) is 0 Å². The van der Waals surface area contributed by atoms with E-state index in [1.807, 2.05) is 18.5 Å². The van der Waals surface area contributed by atoms with Gasteiger partial charge in [-0.15, -0.1) is 24.0 Å². The highest BCUT2D eigenvalue weighted by Crippen LogP contribution is 2.12. The summed E-state index contributed by atoms with van der Waals surface area (Å²) in [5.41, 5.74) is 3.41. The summed E-state index contributed by atoms with van der Waals surface area (Å²) in [4.78, 5) is 4.24. The number of aliphatic imine (C=N–C) groups is 1. The van der Waals surface area contributed by atoms with Crippen LogP contribution in [0.5, 0.6) is 0 Å². The molecule has 0 fully saturated rings. The average molecular weight is 453 g/mol. The third-order valence-electron chi connectivity index (χ3n) is 3.66. The Balaban J connectivity index is 0.00000529. The van der Waals surface area contributed by atoms with E-state index in [-0.39, 0.29) is 24.0 Å². The predicted molar refractivity (Wildman–Crippen MR) is 108 cm³/mol. The summed E-state index contributed by atoms with van der Waals surface area (Å²) in [5.74, 6) is 0.796. The molecule has 0 saturated carbocycles. The number of ether oxygens (including phenoxy) is 2. The summed E-state index contributed by atoms with van der Waals surface area (Å²) in [5, 5.41) is 11.2. The summed E-state index contributed by atoms with van der Waals surface area (Å²) in [6.45, 7) is 10.6. The number of hydrogen-bond acceptors (Lipinski definition) is 4. The van der Waals surface area contributed by atoms with Crippen molar-refractivity contribution in [3.05, 3.63) is 17.0 Å². The first-order valence-electron chi connectivity index (χ1n) is 8.18. The van der Waals surface area contributed by atoms with Crippen molar-refractivity contribution in [3.63, 3.8) is 0 Å². The van der Waals surface area contributed by atoms with Gasteiger partial charge in [0.1, 0.15) is 0 Å². The zero-order chi connectivity index (χ0) is 17.1. The van der Waals surface area contributed by atoms with Crippen LogP contribution in [-0.4, -0.2) is 56.3 Å². The lowest BCUT2D eigenvalue weighted by Crippen LogP contribution is -2.37. The van der Waals surface area contributed by atoms with Gasteiger partial charge in [0.25, 0.3) is 0 Å². The van der Waals surface area contributed by atoms with Crippen molar-refractivity contribution in [1.29, 1.82) is 0 Å². The van der Waals surface area contributed by atoms with Gasteiger partial charge >= 0.3 is 0 Å². The Morgan fingerprint density at radius 2 is 2.00 bits per heavy atom. The number of rotatable bonds is 10. The van der Waals surface area contributed by atoms with Crippen LogP contribution in [0.1, 0.15) is 30.3 Å². The number of nitrogens with one attached hydrogen (secondary N) is 2. The molecule has 24 heavy (non-hydrogen) atoms. The summed E-state index contributed by atoms with van der Waals surface area (Å²) in [7, 11) is 3.48. The molecule has 1 aromatic heterocycles. The maximum atomic E-state index is 5.32. The SMILES string of the molecule is CCOCCCNC(=NC)NCc1c(C)nn(CCOC)c1C.I. The van der Waals surface area contributed by atoms with Gasteiger partial charge in [0, 0.05) is 51.7 Å². The Labute approximate surface area is 162 Å². The quantitative estimate of drug-likeness (QED) is 0.245. The maximum absolute atomic E-state index is 5.32. The summed E-state index contributed by atoms with van der Waals surface area (Å²) in [6, 6.07) is 0. The molecule has 0 aliphatic carbocycles. The van der Waals surface area contributed by atoms with Crippen molar-refractivity contribution < 1.29 is 9.47 Å². The van der Waals surface area contributed by atoms with Crippen molar-refractivity contribution in [3.8, 4) is 0 Å². The Morgan fingerprint density at radius 1 is 1.25 bits per heavy atom. The van der Waals surface area contributed by atoms with Gasteiger partial charge in [-0.05, 0) is 27.2 Å². The Kier molecular flexibility index (Phi) is 12.9. The molecule has 0 aromatic carbocycles. The second kappa shape index (κ2) is 13.4. The van der Waals surface area contributed by atoms with Crippen LogP contribution < -0.4 is 10.6 Å². The van der Waals surface area contributed by atoms with E-state index >= 15 is 0 Å². The number of methoxy groups -OCH3 is 1. The van der Waals surface area contributed by atoms with E-state index in [2.05, 4.69) is 27.6 Å². The van der Waals surface area contributed by atoms with Crippen LogP contribution in [0.2, 0.25) is 0 Å². The minimum atomic E-state index is 0. The van der Waals surface area contributed by atoms with E-state index in [4.69, 9.17) is 9.47 Å². The molecule has 0 bridgehead atoms. The fourth-order valence-electron chi connectivity index (χ4n) is 2.30. The fourth-order valence-corrected chi connectivity index (χ4v) is 2.30. The number of halogens is 1. The van der Waals surface area contributed by atoms with Crippen molar-refractivity contribution in [2.24, 2.45) is 4.99 Å². The Morgan fingerprint density at radius 3 is 2.62 bits per heavy atom. The fraction of sp³-hybridized carbons (Fsp3) is 0.750. The minimum absolute atomic E-state index is 0. The first-order valence-corrected chi connectivity index (χ1v) is 8.18. The predicted octanol–water partition coefficient (Wildman–Crippen LogP) is 1.86. The molecule has 2 N–H and O–H groups in total. The summed E-state index contributed by atoms with van der Waals surface area (Å²) in [6.07, 6.45) is 0.960. The lowest BCUT2D eigenvalue weighted by atomic mass is 10.2. The molecule has 1 rings (SSSR count). The molecule has 1 aromatic rings. The molecule has 1 heterocycles. The lowest BCUT2D eigenvalue weighted by Gasteiger charge is -2.12. The van der Waals surface area contributed by atoms with E-state index in [1.165, 1.54) is 11.3 Å². The molecule has 0 atom stereocenters. The molecule has 0 radical (unpaired) electrons. The highest BCUT2D eigenvalue weighted by molar-refractivity contribution is 14.0. The molecule has 0 aliphatic rings. The maximum Gasteiger partial charge on any atom is 0.191 e. The first-order chi connectivity index (χ1) is 11.1. The number of nitrogens with zero attached hydrogens (tertiary/aromatic N) is 3. The van der Waals surface area contributed by atoms with Crippen molar-refractivity contribution in [2.75, 3.05) is 40.5 Å². The third kappa shape index (κ3) is 7.80. The van der Waals surface area contributed by atoms with Crippen LogP contribution in [0.25, 0.3) is 0 Å². The molecule has 0 saturated heterocycles. The van der Waals surface area contributed by atoms with E-state index in [1.54, 1.807) is 14.2 Å². The lowest BCUT2D eigenvalue weighted by molar-refractivity contribution is 0.145. The summed E-state index contributed by atoms with van der Waals surface area (Å²) >= 11 is 0. The molecule has 140 valence electrons. The molecular formula is C16H32IN5O2. The molecular weight excluding hydrogens is 421 g/mol. The van der Waals surface area contributed by atoms with Gasteiger partial charge in [0.2, 0.25) is 0 Å². The van der Waals surface area contributed by atoms with Crippen LogP contribution in [0.15, 0.2) is 4.99 Å². The standard InChI is InChI=1S/C16H31N5O2.HI/c1-6-23-10-7-8-18-16(17-4)19-12-15-13(2)20-21(14(15)3)9-11-22-5;/h6-12H2,1-5H3,(H2,17,18,19);1H. The van der Waals surface area contributed by atoms with Gasteiger partial charge < -0.3 is 20.1 Å². The monoisotopic (exact) mass is 453 g/mol. The molecule has 8 heteroatoms. The van der Waals surface area contributed by atoms with Gasteiger partial charge in [-0.25, -0.2) is 0 Å². The van der Waals surface area contributed by atoms with Crippen LogP contribution in [-0.2, 0) is 22.6 Å². The van der Waals surface area contributed by atoms with Gasteiger partial charge in [0.15, 0.2) is 5.96 Å². The number of guanidine groups is 1. The van der Waals surface area contributed by atoms with E-state index in [9.17, 15) is 0 Å². The van der Waals surface area contributed by atoms with E-state index < -0.39 is 0 Å². The molecule has 0 spiro atoms. The van der Waals surface area contributed by atoms with Crippen LogP contribution in [0.3, 0.4) is 0 Å². The van der Waals surface area contributed by atoms with Crippen LogP contribution >= 0.6 is 24.0 Å². The molecule has 0 unspecified atom stereocenters. The zero-order valence-electron chi connectivity index (χ0n) is 15.5. The topological polar surface area (TPSA) is 72.7 Å². The number of aromatic nitrogens is 2. The minimum Gasteiger partial charge on any atom is -0.383 e. The van der Waals surface area contributed by atoms with Gasteiger partial charge in [-0.2, -0.15) is 5.10 Å². The van der Waals surface area contributed by atoms with Crippen molar-refractivity contribution in [2.45, 2.75) is 40.3 Å². The highest BCUT2D eigenvalue weighted by atomic mass is 127. The second-order valence-electron chi connectivity index (χ2n) is 5.27. The van der Waals surface area contributed by atoms with E-state index in [0.717, 1.165) is 44.4 Å². The Bertz CT molecular complexity index is 491. The van der Waals surface area contributed by atoms with Crippen molar-refractivity contribution in [1.82, 2.24) is 20.4 Å².